The van der Waals surface area contributed by atoms with Crippen molar-refractivity contribution in [2.24, 2.45) is 0 Å². The monoisotopic (exact) mass is 294 g/mol. The lowest BCUT2D eigenvalue weighted by Gasteiger charge is -2.28. The first-order chi connectivity index (χ1) is 10.1. The third kappa shape index (κ3) is 4.01. The Bertz CT molecular complexity index is 515. The molecule has 5 nitrogen and oxygen atoms in total. The third-order valence-corrected chi connectivity index (χ3v) is 3.44. The Balaban J connectivity index is 1.99. The van der Waals surface area contributed by atoms with Gasteiger partial charge in [-0.05, 0) is 12.1 Å². The molecule has 2 rings (SSSR count). The van der Waals surface area contributed by atoms with Crippen LogP contribution in [0.1, 0.15) is 13.3 Å². The number of benzene rings is 1. The molecule has 114 valence electrons. The van der Waals surface area contributed by atoms with Crippen LogP contribution in [0.25, 0.3) is 0 Å². The minimum absolute atomic E-state index is 0.0408. The molecule has 1 heterocycles. The summed E-state index contributed by atoms with van der Waals surface area (Å²) in [4.78, 5) is 26.8. The van der Waals surface area contributed by atoms with Crippen LogP contribution < -0.4 is 4.90 Å². The lowest BCUT2D eigenvalue weighted by atomic mass is 10.2. The number of amides is 2. The molecule has 1 aromatic carbocycles. The van der Waals surface area contributed by atoms with Gasteiger partial charge in [0.1, 0.15) is 5.82 Å². The first-order valence-electron chi connectivity index (χ1n) is 6.97. The van der Waals surface area contributed by atoms with Crippen molar-refractivity contribution in [3.63, 3.8) is 0 Å². The molecule has 0 unspecified atom stereocenters. The zero-order chi connectivity index (χ0) is 15.2. The van der Waals surface area contributed by atoms with E-state index in [1.807, 2.05) is 0 Å². The lowest BCUT2D eigenvalue weighted by Crippen LogP contribution is -2.42. The Kier molecular flexibility index (Phi) is 5.27. The van der Waals surface area contributed by atoms with Crippen LogP contribution in [0.2, 0.25) is 0 Å². The fourth-order valence-electron chi connectivity index (χ4n) is 2.30. The van der Waals surface area contributed by atoms with Gasteiger partial charge in [0.25, 0.3) is 0 Å². The van der Waals surface area contributed by atoms with Gasteiger partial charge in [0.15, 0.2) is 0 Å². The molecule has 0 atom stereocenters. The van der Waals surface area contributed by atoms with Crippen LogP contribution in [0.15, 0.2) is 24.3 Å². The van der Waals surface area contributed by atoms with E-state index in [2.05, 4.69) is 0 Å². The summed E-state index contributed by atoms with van der Waals surface area (Å²) in [6.07, 6.45) is 0.175. The van der Waals surface area contributed by atoms with E-state index in [0.29, 0.717) is 26.3 Å². The number of hydrogen-bond acceptors (Lipinski definition) is 3. The molecule has 1 aromatic rings. The van der Waals surface area contributed by atoms with Crippen LogP contribution in [-0.2, 0) is 14.3 Å². The average Bonchev–Trinajstić information content (AvgIpc) is 2.49. The highest BCUT2D eigenvalue weighted by Crippen LogP contribution is 2.19. The van der Waals surface area contributed by atoms with Crippen molar-refractivity contribution in [1.29, 1.82) is 0 Å². The molecule has 21 heavy (non-hydrogen) atoms. The van der Waals surface area contributed by atoms with E-state index in [1.165, 1.54) is 24.0 Å². The number of hydrogen-bond donors (Lipinski definition) is 0. The fraction of sp³-hybridized carbons (Fsp3) is 0.467. The predicted octanol–water partition coefficient (Wildman–Crippen LogP) is 1.43. The van der Waals surface area contributed by atoms with Crippen LogP contribution in [0, 0.1) is 5.82 Å². The second kappa shape index (κ2) is 7.17. The second-order valence-electron chi connectivity index (χ2n) is 4.87. The molecule has 0 aromatic heterocycles. The van der Waals surface area contributed by atoms with Crippen molar-refractivity contribution in [3.8, 4) is 0 Å². The summed E-state index contributed by atoms with van der Waals surface area (Å²) in [6.45, 7) is 3.75. The molecular formula is C15H19FN2O3. The fourth-order valence-corrected chi connectivity index (χ4v) is 2.30. The minimum Gasteiger partial charge on any atom is -0.378 e. The van der Waals surface area contributed by atoms with Crippen molar-refractivity contribution in [1.82, 2.24) is 4.90 Å². The van der Waals surface area contributed by atoms with Crippen LogP contribution in [-0.4, -0.2) is 49.6 Å². The molecule has 1 aliphatic heterocycles. The number of anilines is 1. The Morgan fingerprint density at radius 1 is 1.29 bits per heavy atom. The quantitative estimate of drug-likeness (QED) is 0.844. The normalized spacial score (nSPS) is 14.9. The number of rotatable bonds is 4. The molecule has 1 fully saturated rings. The molecule has 0 bridgehead atoms. The maximum Gasteiger partial charge on any atom is 0.224 e. The molecule has 0 N–H and O–H groups in total. The van der Waals surface area contributed by atoms with Crippen molar-refractivity contribution in [2.45, 2.75) is 13.3 Å². The van der Waals surface area contributed by atoms with Gasteiger partial charge in [-0.25, -0.2) is 4.39 Å². The van der Waals surface area contributed by atoms with E-state index in [4.69, 9.17) is 4.74 Å². The molecule has 1 aliphatic rings. The van der Waals surface area contributed by atoms with E-state index in [-0.39, 0.29) is 30.5 Å². The van der Waals surface area contributed by atoms with Crippen molar-refractivity contribution in [3.05, 3.63) is 30.1 Å². The number of para-hydroxylation sites is 1. The topological polar surface area (TPSA) is 49.9 Å². The zero-order valence-electron chi connectivity index (χ0n) is 12.0. The number of ether oxygens (including phenoxy) is 1. The third-order valence-electron chi connectivity index (χ3n) is 3.44. The van der Waals surface area contributed by atoms with E-state index in [1.54, 1.807) is 17.0 Å². The molecule has 0 radical (unpaired) electrons. The zero-order valence-corrected chi connectivity index (χ0v) is 12.0. The largest absolute Gasteiger partial charge is 0.378 e. The maximum atomic E-state index is 13.8. The summed E-state index contributed by atoms with van der Waals surface area (Å²) in [5.74, 6) is -0.790. The van der Waals surface area contributed by atoms with Gasteiger partial charge in [-0.2, -0.15) is 0 Å². The van der Waals surface area contributed by atoms with Gasteiger partial charge in [0.05, 0.1) is 18.9 Å². The minimum atomic E-state index is -0.466. The van der Waals surface area contributed by atoms with Gasteiger partial charge in [-0.15, -0.1) is 0 Å². The predicted molar refractivity (Wildman–Crippen MR) is 76.4 cm³/mol. The van der Waals surface area contributed by atoms with Crippen molar-refractivity contribution < 1.29 is 18.7 Å². The standard InChI is InChI=1S/C15H19FN2O3/c1-12(19)18(14-5-3-2-4-13(14)16)7-6-15(20)17-8-10-21-11-9-17/h2-5H,6-11H2,1H3. The van der Waals surface area contributed by atoms with Gasteiger partial charge in [0.2, 0.25) is 11.8 Å². The number of morpholine rings is 1. The molecule has 1 saturated heterocycles. The van der Waals surface area contributed by atoms with Gasteiger partial charge >= 0.3 is 0 Å². The molecule has 2 amide bonds. The Morgan fingerprint density at radius 3 is 2.57 bits per heavy atom. The number of carbonyl (C=O) groups is 2. The SMILES string of the molecule is CC(=O)N(CCC(=O)N1CCOCC1)c1ccccc1F. The average molecular weight is 294 g/mol. The van der Waals surface area contributed by atoms with E-state index < -0.39 is 5.82 Å². The summed E-state index contributed by atoms with van der Waals surface area (Å²) >= 11 is 0. The number of nitrogens with zero attached hydrogens (tertiary/aromatic N) is 2. The Morgan fingerprint density at radius 2 is 1.95 bits per heavy atom. The number of halogens is 1. The highest BCUT2D eigenvalue weighted by atomic mass is 19.1. The van der Waals surface area contributed by atoms with Crippen molar-refractivity contribution >= 4 is 17.5 Å². The Hall–Kier alpha value is -1.95. The van der Waals surface area contributed by atoms with Gasteiger partial charge in [-0.1, -0.05) is 12.1 Å². The van der Waals surface area contributed by atoms with E-state index in [0.717, 1.165) is 0 Å². The second-order valence-corrected chi connectivity index (χ2v) is 4.87. The number of carbonyl (C=O) groups excluding carboxylic acids is 2. The van der Waals surface area contributed by atoms with Crippen LogP contribution >= 0.6 is 0 Å². The first kappa shape index (κ1) is 15.4. The van der Waals surface area contributed by atoms with Gasteiger partial charge in [0, 0.05) is 33.0 Å². The van der Waals surface area contributed by atoms with E-state index in [9.17, 15) is 14.0 Å². The summed E-state index contributed by atoms with van der Waals surface area (Å²) in [5, 5.41) is 0. The Labute approximate surface area is 123 Å². The van der Waals surface area contributed by atoms with Crippen LogP contribution in [0.4, 0.5) is 10.1 Å². The molecular weight excluding hydrogens is 275 g/mol. The van der Waals surface area contributed by atoms with Crippen LogP contribution in [0.5, 0.6) is 0 Å². The first-order valence-corrected chi connectivity index (χ1v) is 6.97. The highest BCUT2D eigenvalue weighted by Gasteiger charge is 2.20. The summed E-state index contributed by atoms with van der Waals surface area (Å²) in [5.41, 5.74) is 0.208. The highest BCUT2D eigenvalue weighted by molar-refractivity contribution is 5.92. The summed E-state index contributed by atoms with van der Waals surface area (Å²) in [7, 11) is 0. The van der Waals surface area contributed by atoms with Crippen molar-refractivity contribution in [2.75, 3.05) is 37.7 Å². The lowest BCUT2D eigenvalue weighted by molar-refractivity contribution is -0.135. The van der Waals surface area contributed by atoms with Gasteiger partial charge in [-0.3, -0.25) is 9.59 Å². The van der Waals surface area contributed by atoms with E-state index >= 15 is 0 Å². The molecule has 6 heteroatoms. The maximum absolute atomic E-state index is 13.8. The van der Waals surface area contributed by atoms with Gasteiger partial charge < -0.3 is 14.5 Å². The molecule has 0 spiro atoms. The molecule has 0 aliphatic carbocycles. The van der Waals surface area contributed by atoms with Crippen LogP contribution in [0.3, 0.4) is 0 Å². The summed E-state index contributed by atoms with van der Waals surface area (Å²) < 4.78 is 19.0. The smallest absolute Gasteiger partial charge is 0.224 e. The molecule has 0 saturated carbocycles. The summed E-state index contributed by atoms with van der Waals surface area (Å²) in [6, 6.07) is 6.07.